The molecule has 2 nitrogen and oxygen atoms in total. The van der Waals surface area contributed by atoms with Gasteiger partial charge in [-0.1, -0.05) is 95.5 Å². The Balaban J connectivity index is 1.53. The van der Waals surface area contributed by atoms with Crippen LogP contribution in [-0.2, 0) is 12.8 Å². The lowest BCUT2D eigenvalue weighted by Crippen LogP contribution is -1.91. The first-order chi connectivity index (χ1) is 16.8. The van der Waals surface area contributed by atoms with Crippen molar-refractivity contribution in [2.45, 2.75) is 90.9 Å². The van der Waals surface area contributed by atoms with Gasteiger partial charge in [-0.25, -0.2) is 0 Å². The van der Waals surface area contributed by atoms with E-state index in [1.54, 1.807) is 0 Å². The highest BCUT2D eigenvalue weighted by Gasteiger charge is 2.04. The lowest BCUT2D eigenvalue weighted by atomic mass is 10.1. The van der Waals surface area contributed by atoms with Crippen LogP contribution in [0.4, 0.5) is 0 Å². The van der Waals surface area contributed by atoms with Crippen molar-refractivity contribution < 1.29 is 9.47 Å². The number of aryl methyl sites for hydroxylation is 2. The topological polar surface area (TPSA) is 18.5 Å². The molecule has 3 rings (SSSR count). The van der Waals surface area contributed by atoms with Gasteiger partial charge in [-0.2, -0.15) is 0 Å². The minimum Gasteiger partial charge on any atom is -0.457 e. The third kappa shape index (κ3) is 9.63. The number of hydrogen-bond acceptors (Lipinski definition) is 2. The predicted octanol–water partition coefficient (Wildman–Crippen LogP) is 10.3. The quantitative estimate of drug-likeness (QED) is 0.199. The van der Waals surface area contributed by atoms with Gasteiger partial charge in [-0.05, 0) is 73.2 Å². The van der Waals surface area contributed by atoms with Crippen LogP contribution >= 0.6 is 0 Å². The Labute approximate surface area is 207 Å². The maximum absolute atomic E-state index is 6.17. The molecule has 0 bridgehead atoms. The van der Waals surface area contributed by atoms with Gasteiger partial charge in [0.2, 0.25) is 0 Å². The van der Waals surface area contributed by atoms with Gasteiger partial charge < -0.3 is 9.47 Å². The van der Waals surface area contributed by atoms with Crippen LogP contribution in [0.5, 0.6) is 23.0 Å². The van der Waals surface area contributed by atoms with Crippen molar-refractivity contribution in [3.05, 3.63) is 83.9 Å². The molecule has 0 fully saturated rings. The summed E-state index contributed by atoms with van der Waals surface area (Å²) < 4.78 is 12.3. The molecule has 0 aliphatic carbocycles. The van der Waals surface area contributed by atoms with E-state index >= 15 is 0 Å². The van der Waals surface area contributed by atoms with E-state index in [0.29, 0.717) is 0 Å². The summed E-state index contributed by atoms with van der Waals surface area (Å²) in [4.78, 5) is 0. The summed E-state index contributed by atoms with van der Waals surface area (Å²) in [5, 5.41) is 0. The molecule has 3 aromatic carbocycles. The van der Waals surface area contributed by atoms with Crippen molar-refractivity contribution in [1.82, 2.24) is 0 Å². The van der Waals surface area contributed by atoms with Gasteiger partial charge in [0.25, 0.3) is 0 Å². The zero-order chi connectivity index (χ0) is 23.8. The van der Waals surface area contributed by atoms with Crippen LogP contribution in [0.1, 0.15) is 89.2 Å². The van der Waals surface area contributed by atoms with Crippen LogP contribution in [0.3, 0.4) is 0 Å². The SMILES string of the molecule is CCCCCCCc1cccc(Oc2cccc(Oc3cccc(CCCCCCC)c3)c2)c1. The molecule has 0 aliphatic rings. The van der Waals surface area contributed by atoms with E-state index in [2.05, 4.69) is 50.2 Å². The van der Waals surface area contributed by atoms with E-state index in [1.165, 1.54) is 75.3 Å². The fourth-order valence-electron chi connectivity index (χ4n) is 4.27. The molecule has 34 heavy (non-hydrogen) atoms. The molecule has 0 aromatic heterocycles. The van der Waals surface area contributed by atoms with Crippen LogP contribution in [0, 0.1) is 0 Å². The Morgan fingerprint density at radius 2 is 0.824 bits per heavy atom. The molecule has 0 atom stereocenters. The van der Waals surface area contributed by atoms with Crippen LogP contribution in [0.2, 0.25) is 0 Å². The Morgan fingerprint density at radius 1 is 0.441 bits per heavy atom. The zero-order valence-corrected chi connectivity index (χ0v) is 21.2. The zero-order valence-electron chi connectivity index (χ0n) is 21.2. The summed E-state index contributed by atoms with van der Waals surface area (Å²) >= 11 is 0. The minimum absolute atomic E-state index is 0.796. The maximum atomic E-state index is 6.17. The highest BCUT2D eigenvalue weighted by molar-refractivity contribution is 5.40. The smallest absolute Gasteiger partial charge is 0.131 e. The van der Waals surface area contributed by atoms with Gasteiger partial charge in [0.05, 0.1) is 0 Å². The summed E-state index contributed by atoms with van der Waals surface area (Å²) in [7, 11) is 0. The molecule has 0 aliphatic heterocycles. The molecule has 0 amide bonds. The Bertz CT molecular complexity index is 888. The average Bonchev–Trinajstić information content (AvgIpc) is 2.85. The number of ether oxygens (including phenoxy) is 2. The van der Waals surface area contributed by atoms with E-state index in [0.717, 1.165) is 35.8 Å². The summed E-state index contributed by atoms with van der Waals surface area (Å²) in [6.07, 6.45) is 15.2. The van der Waals surface area contributed by atoms with E-state index in [4.69, 9.17) is 9.47 Å². The number of rotatable bonds is 16. The standard InChI is InChI=1S/C32H42O2/c1-3-5-7-9-11-16-27-18-13-20-29(24-27)33-31-22-15-23-32(26-31)34-30-21-14-19-28(25-30)17-12-10-8-6-4-2/h13-15,18-26H,3-12,16-17H2,1-2H3. The molecule has 182 valence electrons. The molecule has 0 heterocycles. The first-order valence-corrected chi connectivity index (χ1v) is 13.4. The van der Waals surface area contributed by atoms with Crippen molar-refractivity contribution in [1.29, 1.82) is 0 Å². The molecular formula is C32H42O2. The predicted molar refractivity (Wildman–Crippen MR) is 144 cm³/mol. The summed E-state index contributed by atoms with van der Waals surface area (Å²) in [5.41, 5.74) is 2.68. The monoisotopic (exact) mass is 458 g/mol. The molecule has 0 saturated carbocycles. The van der Waals surface area contributed by atoms with Crippen molar-refractivity contribution in [3.8, 4) is 23.0 Å². The average molecular weight is 459 g/mol. The van der Waals surface area contributed by atoms with Crippen molar-refractivity contribution >= 4 is 0 Å². The maximum Gasteiger partial charge on any atom is 0.131 e. The van der Waals surface area contributed by atoms with Gasteiger partial charge in [0.1, 0.15) is 23.0 Å². The third-order valence-electron chi connectivity index (χ3n) is 6.21. The van der Waals surface area contributed by atoms with Crippen LogP contribution in [-0.4, -0.2) is 0 Å². The molecule has 0 radical (unpaired) electrons. The molecule has 3 aromatic rings. The van der Waals surface area contributed by atoms with Crippen molar-refractivity contribution in [3.63, 3.8) is 0 Å². The lowest BCUT2D eigenvalue weighted by molar-refractivity contribution is 0.459. The summed E-state index contributed by atoms with van der Waals surface area (Å²) in [6.45, 7) is 4.52. The van der Waals surface area contributed by atoms with E-state index < -0.39 is 0 Å². The van der Waals surface area contributed by atoms with Crippen molar-refractivity contribution in [2.75, 3.05) is 0 Å². The summed E-state index contributed by atoms with van der Waals surface area (Å²) in [6, 6.07) is 24.9. The molecule has 0 N–H and O–H groups in total. The lowest BCUT2D eigenvalue weighted by Gasteiger charge is -2.11. The van der Waals surface area contributed by atoms with Crippen molar-refractivity contribution in [2.24, 2.45) is 0 Å². The normalized spacial score (nSPS) is 10.9. The Hall–Kier alpha value is -2.74. The minimum atomic E-state index is 0.796. The Kier molecular flexibility index (Phi) is 11.6. The molecule has 0 spiro atoms. The van der Waals surface area contributed by atoms with E-state index in [9.17, 15) is 0 Å². The van der Waals surface area contributed by atoms with Gasteiger partial charge in [-0.15, -0.1) is 0 Å². The van der Waals surface area contributed by atoms with Gasteiger partial charge in [-0.3, -0.25) is 0 Å². The number of unbranched alkanes of at least 4 members (excludes halogenated alkanes) is 8. The second-order valence-corrected chi connectivity index (χ2v) is 9.30. The fourth-order valence-corrected chi connectivity index (χ4v) is 4.27. The highest BCUT2D eigenvalue weighted by atomic mass is 16.5. The van der Waals surface area contributed by atoms with Gasteiger partial charge >= 0.3 is 0 Å². The molecular weight excluding hydrogens is 416 g/mol. The first kappa shape index (κ1) is 25.9. The third-order valence-corrected chi connectivity index (χ3v) is 6.21. The van der Waals surface area contributed by atoms with Gasteiger partial charge in [0, 0.05) is 6.07 Å². The fraction of sp³-hybridized carbons (Fsp3) is 0.438. The van der Waals surface area contributed by atoms with Gasteiger partial charge in [0.15, 0.2) is 0 Å². The van der Waals surface area contributed by atoms with Crippen LogP contribution in [0.25, 0.3) is 0 Å². The number of benzene rings is 3. The second-order valence-electron chi connectivity index (χ2n) is 9.30. The van der Waals surface area contributed by atoms with E-state index in [-0.39, 0.29) is 0 Å². The molecule has 0 saturated heterocycles. The second kappa shape index (κ2) is 15.2. The van der Waals surface area contributed by atoms with Crippen LogP contribution in [0.15, 0.2) is 72.8 Å². The first-order valence-electron chi connectivity index (χ1n) is 13.4. The summed E-state index contributed by atoms with van der Waals surface area (Å²) in [5.74, 6) is 3.36. The highest BCUT2D eigenvalue weighted by Crippen LogP contribution is 2.29. The van der Waals surface area contributed by atoms with E-state index in [1.807, 2.05) is 36.4 Å². The number of hydrogen-bond donors (Lipinski definition) is 0. The molecule has 2 heteroatoms. The Morgan fingerprint density at radius 3 is 1.26 bits per heavy atom. The largest absolute Gasteiger partial charge is 0.457 e. The molecule has 0 unspecified atom stereocenters. The van der Waals surface area contributed by atoms with Crippen LogP contribution < -0.4 is 9.47 Å².